The van der Waals surface area contributed by atoms with Crippen molar-refractivity contribution in [2.45, 2.75) is 26.7 Å². The lowest BCUT2D eigenvalue weighted by Crippen LogP contribution is -2.47. The zero-order valence-corrected chi connectivity index (χ0v) is 19.0. The third-order valence-electron chi connectivity index (χ3n) is 4.64. The molecule has 1 heterocycles. The molecule has 0 saturated carbocycles. The highest BCUT2D eigenvalue weighted by molar-refractivity contribution is 14.0. The van der Waals surface area contributed by atoms with Crippen LogP contribution in [-0.4, -0.2) is 63.2 Å². The maximum absolute atomic E-state index is 11.9. The van der Waals surface area contributed by atoms with Gasteiger partial charge in [0, 0.05) is 38.9 Å². The van der Waals surface area contributed by atoms with Crippen LogP contribution in [0.4, 0.5) is 5.69 Å². The van der Waals surface area contributed by atoms with Gasteiger partial charge in [0.25, 0.3) is 0 Å². The van der Waals surface area contributed by atoms with Crippen LogP contribution in [0.1, 0.15) is 26.7 Å². The average molecular weight is 488 g/mol. The molecular weight excluding hydrogens is 455 g/mol. The normalized spacial score (nSPS) is 15.1. The summed E-state index contributed by atoms with van der Waals surface area (Å²) < 4.78 is 5.15. The summed E-state index contributed by atoms with van der Waals surface area (Å²) >= 11 is 0. The van der Waals surface area contributed by atoms with Crippen molar-refractivity contribution in [1.29, 1.82) is 0 Å². The van der Waals surface area contributed by atoms with E-state index < -0.39 is 0 Å². The number of likely N-dealkylation sites (N-methyl/N-ethyl adjacent to an activating group) is 1. The van der Waals surface area contributed by atoms with Crippen molar-refractivity contribution in [3.8, 4) is 0 Å². The van der Waals surface area contributed by atoms with Crippen molar-refractivity contribution in [2.75, 3.05) is 51.3 Å². The molecule has 0 amide bonds. The monoisotopic (exact) mass is 488 g/mol. The Kier molecular flexibility index (Phi) is 11.2. The minimum atomic E-state index is -0.0569. The fraction of sp³-hybridized carbons (Fsp3) is 0.600. The third kappa shape index (κ3) is 7.56. The molecule has 0 aromatic heterocycles. The number of halogens is 1. The van der Waals surface area contributed by atoms with Crippen molar-refractivity contribution >= 4 is 41.6 Å². The van der Waals surface area contributed by atoms with Gasteiger partial charge in [-0.15, -0.1) is 24.0 Å². The third-order valence-corrected chi connectivity index (χ3v) is 4.64. The Balaban J connectivity index is 0.00000364. The molecular formula is C20H33IN4O2. The molecule has 1 saturated heterocycles. The zero-order chi connectivity index (χ0) is 18.8. The second-order valence-corrected chi connectivity index (χ2v) is 6.51. The number of carbonyl (C=O) groups excluding carboxylic acids is 1. The van der Waals surface area contributed by atoms with E-state index in [1.54, 1.807) is 0 Å². The molecule has 2 rings (SSSR count). The van der Waals surface area contributed by atoms with E-state index in [1.807, 2.05) is 25.1 Å². The number of guanidine groups is 1. The molecule has 1 fully saturated rings. The van der Waals surface area contributed by atoms with E-state index in [2.05, 4.69) is 41.2 Å². The Morgan fingerprint density at radius 3 is 2.52 bits per heavy atom. The molecule has 1 aliphatic heterocycles. The van der Waals surface area contributed by atoms with Crippen LogP contribution in [0.2, 0.25) is 0 Å². The number of rotatable bonds is 7. The van der Waals surface area contributed by atoms with Crippen LogP contribution >= 0.6 is 24.0 Å². The highest BCUT2D eigenvalue weighted by Gasteiger charge is 2.27. The van der Waals surface area contributed by atoms with E-state index in [-0.39, 0.29) is 35.9 Å². The maximum Gasteiger partial charge on any atom is 0.309 e. The van der Waals surface area contributed by atoms with Crippen LogP contribution in [0.15, 0.2) is 35.3 Å². The number of esters is 1. The smallest absolute Gasteiger partial charge is 0.309 e. The first kappa shape index (κ1) is 23.5. The molecule has 7 heteroatoms. The summed E-state index contributed by atoms with van der Waals surface area (Å²) in [5, 5.41) is 3.38. The Morgan fingerprint density at radius 1 is 1.26 bits per heavy atom. The van der Waals surface area contributed by atoms with E-state index in [4.69, 9.17) is 9.73 Å². The molecule has 0 spiro atoms. The first-order valence-corrected chi connectivity index (χ1v) is 9.61. The Bertz CT molecular complexity index is 575. The van der Waals surface area contributed by atoms with Crippen LogP contribution in [0.3, 0.4) is 0 Å². The van der Waals surface area contributed by atoms with Gasteiger partial charge in [-0.3, -0.25) is 9.79 Å². The number of carbonyl (C=O) groups is 1. The molecule has 27 heavy (non-hydrogen) atoms. The van der Waals surface area contributed by atoms with Gasteiger partial charge in [0.15, 0.2) is 5.96 Å². The predicted octanol–water partition coefficient (Wildman–Crippen LogP) is 2.98. The molecule has 0 atom stereocenters. The number of anilines is 1. The van der Waals surface area contributed by atoms with Gasteiger partial charge in [-0.25, -0.2) is 0 Å². The number of nitrogens with one attached hydrogen (secondary N) is 1. The van der Waals surface area contributed by atoms with Gasteiger partial charge >= 0.3 is 5.97 Å². The second-order valence-electron chi connectivity index (χ2n) is 6.51. The lowest BCUT2D eigenvalue weighted by molar-refractivity contribution is -0.149. The molecule has 152 valence electrons. The Morgan fingerprint density at radius 2 is 1.93 bits per heavy atom. The van der Waals surface area contributed by atoms with Crippen LogP contribution in [0, 0.1) is 5.92 Å². The highest BCUT2D eigenvalue weighted by atomic mass is 127. The van der Waals surface area contributed by atoms with Crippen LogP contribution in [-0.2, 0) is 9.53 Å². The van der Waals surface area contributed by atoms with Crippen LogP contribution < -0.4 is 10.2 Å². The highest BCUT2D eigenvalue weighted by Crippen LogP contribution is 2.19. The number of likely N-dealkylation sites (tertiary alicyclic amines) is 1. The maximum atomic E-state index is 11.9. The largest absolute Gasteiger partial charge is 0.466 e. The molecule has 0 bridgehead atoms. The number of para-hydroxylation sites is 1. The molecule has 0 radical (unpaired) electrons. The lowest BCUT2D eigenvalue weighted by Gasteiger charge is -2.33. The summed E-state index contributed by atoms with van der Waals surface area (Å²) in [6.45, 7) is 8.49. The lowest BCUT2D eigenvalue weighted by atomic mass is 9.97. The van der Waals surface area contributed by atoms with Gasteiger partial charge in [0.2, 0.25) is 0 Å². The van der Waals surface area contributed by atoms with Gasteiger partial charge in [0.05, 0.1) is 19.1 Å². The minimum Gasteiger partial charge on any atom is -0.466 e. The number of piperidine rings is 1. The second kappa shape index (κ2) is 12.8. The van der Waals surface area contributed by atoms with E-state index in [0.717, 1.165) is 51.5 Å². The van der Waals surface area contributed by atoms with E-state index in [1.165, 1.54) is 5.69 Å². The zero-order valence-electron chi connectivity index (χ0n) is 16.7. The molecule has 0 unspecified atom stereocenters. The minimum absolute atomic E-state index is 0. The predicted molar refractivity (Wildman–Crippen MR) is 122 cm³/mol. The Labute approximate surface area is 180 Å². The fourth-order valence-electron chi connectivity index (χ4n) is 3.13. The summed E-state index contributed by atoms with van der Waals surface area (Å²) in [5.41, 5.74) is 1.20. The van der Waals surface area contributed by atoms with Gasteiger partial charge in [-0.05, 0) is 38.8 Å². The van der Waals surface area contributed by atoms with E-state index >= 15 is 0 Å². The summed E-state index contributed by atoms with van der Waals surface area (Å²) in [4.78, 5) is 21.1. The van der Waals surface area contributed by atoms with Gasteiger partial charge in [-0.2, -0.15) is 0 Å². The molecule has 1 N–H and O–H groups in total. The number of hydrogen-bond donors (Lipinski definition) is 1. The molecule has 1 aromatic rings. The average Bonchev–Trinajstić information content (AvgIpc) is 2.68. The number of benzene rings is 1. The number of hydrogen-bond acceptors (Lipinski definition) is 4. The molecule has 1 aromatic carbocycles. The molecule has 1 aliphatic rings. The standard InChI is InChI=1S/C20H32N4O2.HI/c1-4-21-20(22-13-16-23(3)18-9-7-6-8-10-18)24-14-11-17(12-15-24)19(25)26-5-2;/h6-10,17H,4-5,11-16H2,1-3H3,(H,21,22);1H. The summed E-state index contributed by atoms with van der Waals surface area (Å²) in [6.07, 6.45) is 1.65. The molecule has 0 aliphatic carbocycles. The number of aliphatic imine (C=N–C) groups is 1. The van der Waals surface area contributed by atoms with E-state index in [0.29, 0.717) is 6.61 Å². The summed E-state index contributed by atoms with van der Waals surface area (Å²) in [7, 11) is 2.09. The van der Waals surface area contributed by atoms with Gasteiger partial charge in [0.1, 0.15) is 0 Å². The SMILES string of the molecule is CCNC(=NCCN(C)c1ccccc1)N1CCC(C(=O)OCC)CC1.I. The topological polar surface area (TPSA) is 57.2 Å². The van der Waals surface area contributed by atoms with Gasteiger partial charge < -0.3 is 19.9 Å². The first-order chi connectivity index (χ1) is 12.7. The van der Waals surface area contributed by atoms with Crippen molar-refractivity contribution in [1.82, 2.24) is 10.2 Å². The van der Waals surface area contributed by atoms with Crippen molar-refractivity contribution in [3.63, 3.8) is 0 Å². The quantitative estimate of drug-likeness (QED) is 0.277. The van der Waals surface area contributed by atoms with Crippen molar-refractivity contribution < 1.29 is 9.53 Å². The van der Waals surface area contributed by atoms with Crippen molar-refractivity contribution in [2.24, 2.45) is 10.9 Å². The summed E-state index contributed by atoms with van der Waals surface area (Å²) in [5.74, 6) is 0.910. The van der Waals surface area contributed by atoms with Crippen molar-refractivity contribution in [3.05, 3.63) is 30.3 Å². The van der Waals surface area contributed by atoms with Gasteiger partial charge in [-0.1, -0.05) is 18.2 Å². The van der Waals surface area contributed by atoms with E-state index in [9.17, 15) is 4.79 Å². The Hall–Kier alpha value is -1.51. The summed E-state index contributed by atoms with van der Waals surface area (Å²) in [6, 6.07) is 10.3. The van der Waals surface area contributed by atoms with Crippen LogP contribution in [0.5, 0.6) is 0 Å². The van der Waals surface area contributed by atoms with Crippen LogP contribution in [0.25, 0.3) is 0 Å². The number of nitrogens with zero attached hydrogens (tertiary/aromatic N) is 3. The number of ether oxygens (including phenoxy) is 1. The fourth-order valence-corrected chi connectivity index (χ4v) is 3.13. The molecule has 6 nitrogen and oxygen atoms in total. The first-order valence-electron chi connectivity index (χ1n) is 9.61.